The molecule has 0 aromatic heterocycles. The highest BCUT2D eigenvalue weighted by Gasteiger charge is 2.69. The Hall–Kier alpha value is -0.610. The van der Waals surface area contributed by atoms with Crippen molar-refractivity contribution in [2.45, 2.75) is 60.2 Å². The summed E-state index contributed by atoms with van der Waals surface area (Å²) >= 11 is 7.02. The zero-order valence-corrected chi connectivity index (χ0v) is 14.6. The van der Waals surface area contributed by atoms with Gasteiger partial charge in [0.25, 0.3) is 0 Å². The minimum atomic E-state index is -0.321. The Bertz CT molecular complexity index is 424. The molecule has 4 aliphatic carbocycles. The number of rotatable bonds is 9. The lowest BCUT2D eigenvalue weighted by molar-refractivity contribution is -0.278. The SMILES string of the molecule is C=CCOC12CC3(Cl)CC(OCC=C)(C1)CC(OCC=C)(C3)C2. The molecule has 23 heavy (non-hydrogen) atoms. The third-order valence-electron chi connectivity index (χ3n) is 5.37. The van der Waals surface area contributed by atoms with Gasteiger partial charge in [0.2, 0.25) is 0 Å². The van der Waals surface area contributed by atoms with Gasteiger partial charge in [-0.3, -0.25) is 0 Å². The first-order valence-electron chi connectivity index (χ1n) is 8.36. The van der Waals surface area contributed by atoms with E-state index in [2.05, 4.69) is 19.7 Å². The van der Waals surface area contributed by atoms with Crippen LogP contribution in [0.1, 0.15) is 38.5 Å². The third-order valence-corrected chi connectivity index (χ3v) is 5.77. The first-order chi connectivity index (χ1) is 10.9. The van der Waals surface area contributed by atoms with E-state index >= 15 is 0 Å². The van der Waals surface area contributed by atoms with Crippen molar-refractivity contribution in [3.05, 3.63) is 38.0 Å². The van der Waals surface area contributed by atoms with Gasteiger partial charge < -0.3 is 14.2 Å². The van der Waals surface area contributed by atoms with Crippen LogP contribution in [0.3, 0.4) is 0 Å². The fourth-order valence-electron chi connectivity index (χ4n) is 5.41. The molecule has 0 atom stereocenters. The van der Waals surface area contributed by atoms with Gasteiger partial charge in [-0.05, 0) is 19.3 Å². The quantitative estimate of drug-likeness (QED) is 0.466. The van der Waals surface area contributed by atoms with E-state index < -0.39 is 0 Å². The van der Waals surface area contributed by atoms with E-state index in [0.717, 1.165) is 38.5 Å². The fourth-order valence-corrected chi connectivity index (χ4v) is 6.14. The molecule has 0 saturated heterocycles. The molecule has 0 unspecified atom stereocenters. The second-order valence-electron chi connectivity index (χ2n) is 7.56. The lowest BCUT2D eigenvalue weighted by Crippen LogP contribution is -2.72. The van der Waals surface area contributed by atoms with Gasteiger partial charge in [-0.25, -0.2) is 0 Å². The minimum absolute atomic E-state index is 0.285. The number of ether oxygens (including phenoxy) is 3. The minimum Gasteiger partial charge on any atom is -0.371 e. The molecule has 0 N–H and O–H groups in total. The maximum atomic E-state index is 7.02. The maximum absolute atomic E-state index is 7.02. The van der Waals surface area contributed by atoms with Crippen LogP contribution in [0.25, 0.3) is 0 Å². The molecule has 4 aliphatic rings. The second-order valence-corrected chi connectivity index (χ2v) is 8.36. The van der Waals surface area contributed by atoms with Gasteiger partial charge in [-0.1, -0.05) is 18.2 Å². The van der Waals surface area contributed by atoms with Crippen molar-refractivity contribution in [3.8, 4) is 0 Å². The van der Waals surface area contributed by atoms with Crippen molar-refractivity contribution in [3.63, 3.8) is 0 Å². The molecule has 0 heterocycles. The van der Waals surface area contributed by atoms with Crippen LogP contribution in [0.15, 0.2) is 38.0 Å². The summed E-state index contributed by atoms with van der Waals surface area (Å²) < 4.78 is 18.8. The number of alkyl halides is 1. The first kappa shape index (κ1) is 17.2. The van der Waals surface area contributed by atoms with Crippen molar-refractivity contribution < 1.29 is 14.2 Å². The van der Waals surface area contributed by atoms with Gasteiger partial charge in [-0.2, -0.15) is 0 Å². The van der Waals surface area contributed by atoms with Crippen LogP contribution in [0, 0.1) is 0 Å². The van der Waals surface area contributed by atoms with Crippen LogP contribution in [-0.4, -0.2) is 41.5 Å². The van der Waals surface area contributed by atoms with Crippen molar-refractivity contribution in [2.75, 3.05) is 19.8 Å². The molecule has 0 spiro atoms. The van der Waals surface area contributed by atoms with Gasteiger partial charge in [0, 0.05) is 19.3 Å². The zero-order chi connectivity index (χ0) is 16.6. The molecule has 4 bridgehead atoms. The molecule has 128 valence electrons. The Balaban J connectivity index is 1.93. The van der Waals surface area contributed by atoms with Crippen LogP contribution >= 0.6 is 11.6 Å². The van der Waals surface area contributed by atoms with Gasteiger partial charge >= 0.3 is 0 Å². The number of halogens is 1. The Morgan fingerprint density at radius 3 is 1.22 bits per heavy atom. The number of hydrogen-bond donors (Lipinski definition) is 0. The van der Waals surface area contributed by atoms with E-state index in [9.17, 15) is 0 Å². The molecule has 3 nitrogen and oxygen atoms in total. The smallest absolute Gasteiger partial charge is 0.0758 e. The Labute approximate surface area is 144 Å². The van der Waals surface area contributed by atoms with Crippen LogP contribution in [0.4, 0.5) is 0 Å². The van der Waals surface area contributed by atoms with E-state index in [4.69, 9.17) is 25.8 Å². The summed E-state index contributed by atoms with van der Waals surface area (Å²) in [5, 5.41) is 0. The largest absolute Gasteiger partial charge is 0.371 e. The maximum Gasteiger partial charge on any atom is 0.0758 e. The summed E-state index contributed by atoms with van der Waals surface area (Å²) in [4.78, 5) is -0.321. The summed E-state index contributed by atoms with van der Waals surface area (Å²) in [6.07, 6.45) is 10.6. The fraction of sp³-hybridized carbons (Fsp3) is 0.684. The second kappa shape index (κ2) is 6.03. The summed E-state index contributed by atoms with van der Waals surface area (Å²) in [6, 6.07) is 0. The molecule has 0 amide bonds. The van der Waals surface area contributed by atoms with Gasteiger partial charge in [0.05, 0.1) is 41.5 Å². The van der Waals surface area contributed by atoms with Crippen LogP contribution in [-0.2, 0) is 14.2 Å². The van der Waals surface area contributed by atoms with Crippen molar-refractivity contribution in [1.82, 2.24) is 0 Å². The summed E-state index contributed by atoms with van der Waals surface area (Å²) in [7, 11) is 0. The highest BCUT2D eigenvalue weighted by molar-refractivity contribution is 6.24. The first-order valence-corrected chi connectivity index (χ1v) is 8.74. The van der Waals surface area contributed by atoms with E-state index in [1.54, 1.807) is 18.2 Å². The molecule has 4 heteroatoms. The summed E-state index contributed by atoms with van der Waals surface area (Å²) in [6.45, 7) is 12.9. The lowest BCUT2D eigenvalue weighted by atomic mass is 9.49. The molecule has 0 radical (unpaired) electrons. The van der Waals surface area contributed by atoms with E-state index in [0.29, 0.717) is 19.8 Å². The number of hydrogen-bond acceptors (Lipinski definition) is 3. The Morgan fingerprint density at radius 2 is 0.957 bits per heavy atom. The summed E-state index contributed by atoms with van der Waals surface area (Å²) in [5.74, 6) is 0. The Morgan fingerprint density at radius 1 is 0.652 bits per heavy atom. The average molecular weight is 339 g/mol. The molecular formula is C19H27ClO3. The molecule has 4 fully saturated rings. The predicted octanol–water partition coefficient (Wildman–Crippen LogP) is 4.17. The standard InChI is InChI=1S/C19H27ClO3/c1-4-7-21-17-10-16(20)11-18(13-17,22-8-5-2)15-19(12-16,14-17)23-9-6-3/h4-6H,1-3,7-15H2. The van der Waals surface area contributed by atoms with Crippen molar-refractivity contribution >= 4 is 11.6 Å². The normalized spacial score (nSPS) is 44.2. The Kier molecular flexibility index (Phi) is 4.52. The van der Waals surface area contributed by atoms with Gasteiger partial charge in [0.15, 0.2) is 0 Å². The molecule has 0 aromatic carbocycles. The predicted molar refractivity (Wildman–Crippen MR) is 92.9 cm³/mol. The van der Waals surface area contributed by atoms with Crippen LogP contribution in [0.5, 0.6) is 0 Å². The van der Waals surface area contributed by atoms with Crippen molar-refractivity contribution in [2.24, 2.45) is 0 Å². The highest BCUT2D eigenvalue weighted by Crippen LogP contribution is 2.66. The monoisotopic (exact) mass is 338 g/mol. The van der Waals surface area contributed by atoms with Crippen LogP contribution < -0.4 is 0 Å². The molecule has 0 aromatic rings. The van der Waals surface area contributed by atoms with E-state index in [1.807, 2.05) is 0 Å². The highest BCUT2D eigenvalue weighted by atomic mass is 35.5. The van der Waals surface area contributed by atoms with Gasteiger partial charge in [-0.15, -0.1) is 31.3 Å². The molecule has 0 aliphatic heterocycles. The van der Waals surface area contributed by atoms with Gasteiger partial charge in [0.1, 0.15) is 0 Å². The van der Waals surface area contributed by atoms with E-state index in [1.165, 1.54) is 0 Å². The molecule has 4 saturated carbocycles. The van der Waals surface area contributed by atoms with E-state index in [-0.39, 0.29) is 21.7 Å². The third kappa shape index (κ3) is 3.17. The molecular weight excluding hydrogens is 312 g/mol. The van der Waals surface area contributed by atoms with Crippen LogP contribution in [0.2, 0.25) is 0 Å². The summed E-state index contributed by atoms with van der Waals surface area (Å²) in [5.41, 5.74) is -0.854. The topological polar surface area (TPSA) is 27.7 Å². The lowest BCUT2D eigenvalue weighted by Gasteiger charge is -2.67. The zero-order valence-electron chi connectivity index (χ0n) is 13.8. The average Bonchev–Trinajstić information content (AvgIpc) is 2.47. The van der Waals surface area contributed by atoms with Crippen molar-refractivity contribution in [1.29, 1.82) is 0 Å². The molecule has 4 rings (SSSR count).